The first kappa shape index (κ1) is 11.2. The highest BCUT2D eigenvalue weighted by Crippen LogP contribution is 1.68. The highest BCUT2D eigenvalue weighted by atomic mass is 16.4. The van der Waals surface area contributed by atoms with Crippen LogP contribution < -0.4 is 11.1 Å². The van der Waals surface area contributed by atoms with Crippen molar-refractivity contribution in [1.82, 2.24) is 5.32 Å². The number of hydrogen-bond acceptors (Lipinski definition) is 3. The molecule has 0 saturated heterocycles. The molecular formula is C5H14N2O2. The third-order valence-electron chi connectivity index (χ3n) is 0.390. The summed E-state index contributed by atoms with van der Waals surface area (Å²) in [4.78, 5) is 9.57. The van der Waals surface area contributed by atoms with Crippen LogP contribution in [-0.2, 0) is 4.79 Å². The molecule has 0 aromatic carbocycles. The highest BCUT2D eigenvalue weighted by molar-refractivity contribution is 5.72. The lowest BCUT2D eigenvalue weighted by Crippen LogP contribution is -2.25. The summed E-state index contributed by atoms with van der Waals surface area (Å²) in [6.07, 6.45) is 0. The Bertz CT molecular complexity index is 73.4. The molecule has 4 heteroatoms. The molecule has 1 unspecified atom stereocenters. The number of hydrogen-bond donors (Lipinski definition) is 3. The molecule has 0 rings (SSSR count). The minimum absolute atomic E-state index is 0.731. The monoisotopic (exact) mass is 134 g/mol. The Labute approximate surface area is 55.1 Å². The summed E-state index contributed by atoms with van der Waals surface area (Å²) >= 11 is 0. The van der Waals surface area contributed by atoms with Crippen LogP contribution in [0.25, 0.3) is 0 Å². The molecule has 4 N–H and O–H groups in total. The summed E-state index contributed by atoms with van der Waals surface area (Å²) in [5.41, 5.74) is 4.84. The van der Waals surface area contributed by atoms with Gasteiger partial charge < -0.3 is 16.2 Å². The lowest BCUT2D eigenvalue weighted by atomic mass is 10.4. The maximum Gasteiger partial charge on any atom is 0.320 e. The first-order chi connectivity index (χ1) is 4.06. The van der Waals surface area contributed by atoms with E-state index in [2.05, 4.69) is 5.32 Å². The van der Waals surface area contributed by atoms with Crippen LogP contribution in [0.3, 0.4) is 0 Å². The molecule has 0 saturated carbocycles. The molecule has 0 aromatic rings. The van der Waals surface area contributed by atoms with E-state index in [4.69, 9.17) is 10.8 Å². The normalized spacial score (nSPS) is 11.1. The van der Waals surface area contributed by atoms with Crippen LogP contribution in [0.15, 0.2) is 0 Å². The smallest absolute Gasteiger partial charge is 0.320 e. The Hall–Kier alpha value is -0.610. The minimum atomic E-state index is -0.963. The van der Waals surface area contributed by atoms with Crippen LogP contribution in [0.2, 0.25) is 0 Å². The third kappa shape index (κ3) is 18.7. The zero-order valence-corrected chi connectivity index (χ0v) is 6.01. The van der Waals surface area contributed by atoms with Gasteiger partial charge in [0.2, 0.25) is 0 Å². The van der Waals surface area contributed by atoms with Crippen molar-refractivity contribution >= 4 is 5.97 Å². The Morgan fingerprint density at radius 2 is 1.78 bits per heavy atom. The second kappa shape index (κ2) is 7.39. The van der Waals surface area contributed by atoms with Gasteiger partial charge in [-0.2, -0.15) is 0 Å². The Morgan fingerprint density at radius 1 is 1.67 bits per heavy atom. The molecule has 0 fully saturated rings. The van der Waals surface area contributed by atoms with Gasteiger partial charge in [0.05, 0.1) is 0 Å². The van der Waals surface area contributed by atoms with E-state index in [0.29, 0.717) is 0 Å². The summed E-state index contributed by atoms with van der Waals surface area (Å²) in [6, 6.07) is -0.731. The van der Waals surface area contributed by atoms with E-state index in [1.807, 2.05) is 14.1 Å². The molecule has 0 aliphatic rings. The maximum absolute atomic E-state index is 9.57. The van der Waals surface area contributed by atoms with E-state index in [1.54, 1.807) is 0 Å². The Morgan fingerprint density at radius 3 is 1.78 bits per heavy atom. The minimum Gasteiger partial charge on any atom is -0.480 e. The fourth-order valence-corrected chi connectivity index (χ4v) is 0. The number of carboxylic acid groups (broad SMARTS) is 1. The van der Waals surface area contributed by atoms with Gasteiger partial charge in [0.1, 0.15) is 6.04 Å². The van der Waals surface area contributed by atoms with E-state index in [1.165, 1.54) is 6.92 Å². The second-order valence-corrected chi connectivity index (χ2v) is 1.63. The number of carboxylic acids is 1. The van der Waals surface area contributed by atoms with Crippen LogP contribution in [0.1, 0.15) is 6.92 Å². The lowest BCUT2D eigenvalue weighted by molar-refractivity contribution is -0.138. The molecule has 1 atom stereocenters. The van der Waals surface area contributed by atoms with Crippen molar-refractivity contribution in [1.29, 1.82) is 0 Å². The van der Waals surface area contributed by atoms with Gasteiger partial charge in [0.15, 0.2) is 0 Å². The lowest BCUT2D eigenvalue weighted by Gasteiger charge is -1.90. The van der Waals surface area contributed by atoms with Gasteiger partial charge >= 0.3 is 5.97 Å². The number of carbonyl (C=O) groups is 1. The Kier molecular flexibility index (Phi) is 9.21. The summed E-state index contributed by atoms with van der Waals surface area (Å²) in [5, 5.41) is 10.6. The fourth-order valence-electron chi connectivity index (χ4n) is 0. The summed E-state index contributed by atoms with van der Waals surface area (Å²) in [5.74, 6) is -0.963. The molecule has 0 radical (unpaired) electrons. The van der Waals surface area contributed by atoms with Gasteiger partial charge in [-0.1, -0.05) is 0 Å². The van der Waals surface area contributed by atoms with Gasteiger partial charge in [-0.15, -0.1) is 0 Å². The van der Waals surface area contributed by atoms with Gasteiger partial charge in [0.25, 0.3) is 0 Å². The standard InChI is InChI=1S/C3H7NO2.C2H7N/c1-2(4)3(5)6;1-3-2/h2H,4H2,1H3,(H,5,6);3H,1-2H3. The Balaban J connectivity index is 0. The van der Waals surface area contributed by atoms with E-state index in [-0.39, 0.29) is 0 Å². The van der Waals surface area contributed by atoms with Crippen LogP contribution in [0, 0.1) is 0 Å². The first-order valence-corrected chi connectivity index (χ1v) is 2.63. The largest absolute Gasteiger partial charge is 0.480 e. The highest BCUT2D eigenvalue weighted by Gasteiger charge is 1.99. The van der Waals surface area contributed by atoms with Crippen molar-refractivity contribution in [2.75, 3.05) is 14.1 Å². The van der Waals surface area contributed by atoms with Gasteiger partial charge in [-0.25, -0.2) is 0 Å². The fraction of sp³-hybridized carbons (Fsp3) is 0.800. The number of nitrogens with one attached hydrogen (secondary N) is 1. The second-order valence-electron chi connectivity index (χ2n) is 1.63. The molecular weight excluding hydrogens is 120 g/mol. The van der Waals surface area contributed by atoms with Crippen molar-refractivity contribution in [3.63, 3.8) is 0 Å². The van der Waals surface area contributed by atoms with E-state index >= 15 is 0 Å². The summed E-state index contributed by atoms with van der Waals surface area (Å²) in [7, 11) is 3.75. The zero-order valence-electron chi connectivity index (χ0n) is 6.01. The molecule has 9 heavy (non-hydrogen) atoms. The molecule has 56 valence electrons. The van der Waals surface area contributed by atoms with Crippen molar-refractivity contribution in [3.8, 4) is 0 Å². The average molecular weight is 134 g/mol. The maximum atomic E-state index is 9.57. The molecule has 0 amide bonds. The van der Waals surface area contributed by atoms with Crippen molar-refractivity contribution in [3.05, 3.63) is 0 Å². The van der Waals surface area contributed by atoms with Crippen molar-refractivity contribution in [2.24, 2.45) is 5.73 Å². The average Bonchev–Trinajstić information content (AvgIpc) is 1.68. The van der Waals surface area contributed by atoms with Crippen LogP contribution in [-0.4, -0.2) is 31.2 Å². The molecule has 0 aliphatic carbocycles. The topological polar surface area (TPSA) is 75.4 Å². The predicted molar refractivity (Wildman–Crippen MR) is 36.3 cm³/mol. The van der Waals surface area contributed by atoms with E-state index in [0.717, 1.165) is 0 Å². The quantitative estimate of drug-likeness (QED) is 0.441. The van der Waals surface area contributed by atoms with E-state index < -0.39 is 12.0 Å². The first-order valence-electron chi connectivity index (χ1n) is 2.63. The molecule has 0 heterocycles. The third-order valence-corrected chi connectivity index (χ3v) is 0.390. The number of aliphatic carboxylic acids is 1. The summed E-state index contributed by atoms with van der Waals surface area (Å²) in [6.45, 7) is 1.42. The van der Waals surface area contributed by atoms with E-state index in [9.17, 15) is 4.79 Å². The molecule has 0 bridgehead atoms. The van der Waals surface area contributed by atoms with Crippen molar-refractivity contribution in [2.45, 2.75) is 13.0 Å². The van der Waals surface area contributed by atoms with Gasteiger partial charge in [-0.3, -0.25) is 4.79 Å². The van der Waals surface area contributed by atoms with Crippen LogP contribution >= 0.6 is 0 Å². The van der Waals surface area contributed by atoms with Gasteiger partial charge in [0, 0.05) is 0 Å². The molecule has 0 spiro atoms. The molecule has 0 aromatic heterocycles. The number of nitrogens with two attached hydrogens (primary N) is 1. The SMILES string of the molecule is CC(N)C(=O)O.CNC. The zero-order chi connectivity index (χ0) is 7.86. The van der Waals surface area contributed by atoms with Crippen LogP contribution in [0.5, 0.6) is 0 Å². The molecule has 0 aliphatic heterocycles. The molecule has 4 nitrogen and oxygen atoms in total. The van der Waals surface area contributed by atoms with Crippen LogP contribution in [0.4, 0.5) is 0 Å². The van der Waals surface area contributed by atoms with Gasteiger partial charge in [-0.05, 0) is 21.0 Å². The summed E-state index contributed by atoms with van der Waals surface area (Å²) < 4.78 is 0. The van der Waals surface area contributed by atoms with Crippen molar-refractivity contribution < 1.29 is 9.90 Å². The number of rotatable bonds is 1. The predicted octanol–water partition coefficient (Wildman–Crippen LogP) is -0.746.